The van der Waals surface area contributed by atoms with Crippen molar-refractivity contribution in [2.24, 2.45) is 0 Å². The summed E-state index contributed by atoms with van der Waals surface area (Å²) in [6.07, 6.45) is 2.12. The van der Waals surface area contributed by atoms with E-state index < -0.39 is 30.4 Å². The number of rotatable bonds is 8. The van der Waals surface area contributed by atoms with Gasteiger partial charge in [-0.3, -0.25) is 14.5 Å². The molecule has 2 aromatic carbocycles. The van der Waals surface area contributed by atoms with Crippen molar-refractivity contribution in [3.05, 3.63) is 65.7 Å². The van der Waals surface area contributed by atoms with Gasteiger partial charge in [0.2, 0.25) is 0 Å². The van der Waals surface area contributed by atoms with Gasteiger partial charge in [-0.05, 0) is 35.9 Å². The molecule has 1 aliphatic rings. The maximum atomic E-state index is 12.9. The number of carbonyl (C=O) groups is 3. The third kappa shape index (κ3) is 4.54. The van der Waals surface area contributed by atoms with Gasteiger partial charge in [0, 0.05) is 18.0 Å². The molecule has 6 nitrogen and oxygen atoms in total. The van der Waals surface area contributed by atoms with Crippen molar-refractivity contribution in [2.75, 3.05) is 12.8 Å². The lowest BCUT2D eigenvalue weighted by molar-refractivity contribution is -0.141. The molecular weight excluding hydrogens is 376 g/mol. The van der Waals surface area contributed by atoms with Gasteiger partial charge >= 0.3 is 12.0 Å². The van der Waals surface area contributed by atoms with Crippen molar-refractivity contribution in [1.82, 2.24) is 9.80 Å². The number of amides is 3. The summed E-state index contributed by atoms with van der Waals surface area (Å²) in [7, 11) is 0. The van der Waals surface area contributed by atoms with Crippen LogP contribution in [0.3, 0.4) is 0 Å². The minimum Gasteiger partial charge on any atom is -0.481 e. The van der Waals surface area contributed by atoms with E-state index in [2.05, 4.69) is 0 Å². The molecule has 3 rings (SSSR count). The molecule has 0 spiro atoms. The number of hydrogen-bond acceptors (Lipinski definition) is 4. The Morgan fingerprint density at radius 1 is 1.04 bits per heavy atom. The van der Waals surface area contributed by atoms with Gasteiger partial charge in [-0.2, -0.15) is 0 Å². The Hall–Kier alpha value is -2.80. The first-order valence-electron chi connectivity index (χ1n) is 9.00. The third-order valence-electron chi connectivity index (χ3n) is 4.75. The highest BCUT2D eigenvalue weighted by molar-refractivity contribution is 7.98. The van der Waals surface area contributed by atoms with E-state index in [0.717, 1.165) is 16.0 Å². The standard InChI is InChI=1S/C21H22N2O4S/c1-28-17-9-7-16(8-10-17)14-23-18(13-19(24)25)20(26)22(21(23)27)12-11-15-5-3-2-4-6-15/h2-10,18H,11-14H2,1H3,(H,24,25)/t18-/m0/s1. The third-order valence-corrected chi connectivity index (χ3v) is 5.49. The van der Waals surface area contributed by atoms with Crippen molar-refractivity contribution in [3.8, 4) is 0 Å². The summed E-state index contributed by atoms with van der Waals surface area (Å²) in [5.41, 5.74) is 1.88. The number of urea groups is 1. The molecule has 2 aromatic rings. The van der Waals surface area contributed by atoms with Gasteiger partial charge in [0.05, 0.1) is 6.42 Å². The Morgan fingerprint density at radius 3 is 2.32 bits per heavy atom. The zero-order valence-electron chi connectivity index (χ0n) is 15.6. The number of thioether (sulfide) groups is 1. The Labute approximate surface area is 168 Å². The van der Waals surface area contributed by atoms with E-state index in [4.69, 9.17) is 0 Å². The average molecular weight is 398 g/mol. The zero-order chi connectivity index (χ0) is 20.1. The fourth-order valence-electron chi connectivity index (χ4n) is 3.26. The van der Waals surface area contributed by atoms with Gasteiger partial charge in [0.15, 0.2) is 0 Å². The van der Waals surface area contributed by atoms with E-state index in [1.54, 1.807) is 11.8 Å². The normalized spacial score (nSPS) is 16.7. The number of imide groups is 1. The van der Waals surface area contributed by atoms with Gasteiger partial charge < -0.3 is 10.0 Å². The van der Waals surface area contributed by atoms with Crippen molar-refractivity contribution in [2.45, 2.75) is 30.3 Å². The SMILES string of the molecule is CSc1ccc(CN2C(=O)N(CCc3ccccc3)C(=O)[C@@H]2CC(=O)O)cc1. The first kappa shape index (κ1) is 19.9. The molecule has 3 amide bonds. The second-order valence-electron chi connectivity index (χ2n) is 6.60. The molecule has 1 heterocycles. The molecule has 0 radical (unpaired) electrons. The van der Waals surface area contributed by atoms with Gasteiger partial charge in [-0.15, -0.1) is 11.8 Å². The first-order valence-corrected chi connectivity index (χ1v) is 10.2. The zero-order valence-corrected chi connectivity index (χ0v) is 16.4. The number of benzene rings is 2. The van der Waals surface area contributed by atoms with E-state index in [1.165, 1.54) is 9.80 Å². The van der Waals surface area contributed by atoms with Crippen molar-refractivity contribution in [3.63, 3.8) is 0 Å². The van der Waals surface area contributed by atoms with Crippen LogP contribution in [0.15, 0.2) is 59.5 Å². The van der Waals surface area contributed by atoms with Crippen molar-refractivity contribution < 1.29 is 19.5 Å². The molecule has 1 aliphatic heterocycles. The lowest BCUT2D eigenvalue weighted by Crippen LogP contribution is -2.36. The Morgan fingerprint density at radius 2 is 1.71 bits per heavy atom. The second-order valence-corrected chi connectivity index (χ2v) is 7.48. The largest absolute Gasteiger partial charge is 0.481 e. The molecule has 0 aliphatic carbocycles. The summed E-state index contributed by atoms with van der Waals surface area (Å²) in [6, 6.07) is 15.9. The molecule has 7 heteroatoms. The highest BCUT2D eigenvalue weighted by Crippen LogP contribution is 2.24. The molecule has 1 saturated heterocycles. The summed E-state index contributed by atoms with van der Waals surface area (Å²) in [4.78, 5) is 40.6. The van der Waals surface area contributed by atoms with Crippen LogP contribution in [0.25, 0.3) is 0 Å². The number of carboxylic acid groups (broad SMARTS) is 1. The van der Waals surface area contributed by atoms with E-state index in [9.17, 15) is 19.5 Å². The summed E-state index contributed by atoms with van der Waals surface area (Å²) in [5.74, 6) is -1.54. The average Bonchev–Trinajstić information content (AvgIpc) is 2.91. The van der Waals surface area contributed by atoms with Crippen LogP contribution in [0.4, 0.5) is 4.79 Å². The number of nitrogens with zero attached hydrogens (tertiary/aromatic N) is 2. The molecule has 146 valence electrons. The smallest absolute Gasteiger partial charge is 0.327 e. The molecule has 1 atom stereocenters. The second kappa shape index (κ2) is 8.93. The number of aliphatic carboxylic acids is 1. The molecule has 1 fully saturated rings. The molecule has 0 saturated carbocycles. The molecular formula is C21H22N2O4S. The van der Waals surface area contributed by atoms with Gasteiger partial charge in [0.25, 0.3) is 5.91 Å². The highest BCUT2D eigenvalue weighted by atomic mass is 32.2. The van der Waals surface area contributed by atoms with Crippen LogP contribution in [0.5, 0.6) is 0 Å². The van der Waals surface area contributed by atoms with Crippen molar-refractivity contribution >= 4 is 29.7 Å². The van der Waals surface area contributed by atoms with Crippen LogP contribution in [0, 0.1) is 0 Å². The fraction of sp³-hybridized carbons (Fsp3) is 0.286. The predicted octanol–water partition coefficient (Wildman–Crippen LogP) is 3.26. The van der Waals surface area contributed by atoms with E-state index >= 15 is 0 Å². The van der Waals surface area contributed by atoms with E-state index in [0.29, 0.717) is 6.42 Å². The maximum Gasteiger partial charge on any atom is 0.327 e. The van der Waals surface area contributed by atoms with Crippen LogP contribution in [0.2, 0.25) is 0 Å². The first-order chi connectivity index (χ1) is 13.5. The van der Waals surface area contributed by atoms with Crippen LogP contribution >= 0.6 is 11.8 Å². The summed E-state index contributed by atoms with van der Waals surface area (Å²) >= 11 is 1.61. The quantitative estimate of drug-likeness (QED) is 0.546. The summed E-state index contributed by atoms with van der Waals surface area (Å²) in [5, 5.41) is 9.21. The summed E-state index contributed by atoms with van der Waals surface area (Å²) < 4.78 is 0. The van der Waals surface area contributed by atoms with E-state index in [-0.39, 0.29) is 13.1 Å². The number of carbonyl (C=O) groups excluding carboxylic acids is 2. The lowest BCUT2D eigenvalue weighted by atomic mass is 10.1. The molecule has 0 bridgehead atoms. The predicted molar refractivity (Wildman–Crippen MR) is 107 cm³/mol. The van der Waals surface area contributed by atoms with Crippen LogP contribution in [0.1, 0.15) is 17.5 Å². The monoisotopic (exact) mass is 398 g/mol. The van der Waals surface area contributed by atoms with Gasteiger partial charge in [0.1, 0.15) is 6.04 Å². The van der Waals surface area contributed by atoms with Crippen LogP contribution in [-0.4, -0.2) is 51.7 Å². The number of hydrogen-bond donors (Lipinski definition) is 1. The number of carboxylic acids is 1. The topological polar surface area (TPSA) is 77.9 Å². The Kier molecular flexibility index (Phi) is 6.36. The van der Waals surface area contributed by atoms with Gasteiger partial charge in [-0.25, -0.2) is 4.79 Å². The Bertz CT molecular complexity index is 854. The van der Waals surface area contributed by atoms with Gasteiger partial charge in [-0.1, -0.05) is 42.5 Å². The lowest BCUT2D eigenvalue weighted by Gasteiger charge is -2.21. The summed E-state index contributed by atoms with van der Waals surface area (Å²) in [6.45, 7) is 0.443. The van der Waals surface area contributed by atoms with Crippen LogP contribution < -0.4 is 0 Å². The molecule has 28 heavy (non-hydrogen) atoms. The van der Waals surface area contributed by atoms with Crippen LogP contribution in [-0.2, 0) is 22.6 Å². The van der Waals surface area contributed by atoms with Crippen molar-refractivity contribution in [1.29, 1.82) is 0 Å². The Balaban J connectivity index is 1.76. The van der Waals surface area contributed by atoms with E-state index in [1.807, 2.05) is 60.9 Å². The molecule has 0 aromatic heterocycles. The minimum atomic E-state index is -1.10. The fourth-order valence-corrected chi connectivity index (χ4v) is 3.66. The minimum absolute atomic E-state index is 0.207. The highest BCUT2D eigenvalue weighted by Gasteiger charge is 2.45. The molecule has 0 unspecified atom stereocenters. The molecule has 1 N–H and O–H groups in total. The maximum absolute atomic E-state index is 12.9.